The number of amides is 1. The van der Waals surface area contributed by atoms with Crippen LogP contribution < -0.4 is 10.6 Å². The maximum atomic E-state index is 12.0. The number of hydrogen-bond acceptors (Lipinski definition) is 4. The number of carbonyl (C=O) groups excluding carboxylic acids is 1. The summed E-state index contributed by atoms with van der Waals surface area (Å²) >= 11 is 0. The maximum absolute atomic E-state index is 12.0. The van der Waals surface area contributed by atoms with Crippen LogP contribution in [0.2, 0.25) is 0 Å². The number of nitrogens with zero attached hydrogens (tertiary/aromatic N) is 2. The van der Waals surface area contributed by atoms with Gasteiger partial charge in [0.15, 0.2) is 5.82 Å². The number of aromatic nitrogens is 2. The number of benzene rings is 2. The molecule has 1 heterocycles. The fourth-order valence-corrected chi connectivity index (χ4v) is 2.69. The van der Waals surface area contributed by atoms with Crippen LogP contribution in [-0.4, -0.2) is 22.6 Å². The van der Waals surface area contributed by atoms with Gasteiger partial charge in [-0.15, -0.1) is 10.2 Å². The molecule has 138 valence electrons. The molecular weight excluding hydrogens is 336 g/mol. The number of aryl methyl sites for hydroxylation is 1. The first kappa shape index (κ1) is 18.6. The molecule has 0 saturated carbocycles. The van der Waals surface area contributed by atoms with E-state index in [0.717, 1.165) is 29.8 Å². The van der Waals surface area contributed by atoms with Crippen LogP contribution in [0, 0.1) is 6.92 Å². The highest BCUT2D eigenvalue weighted by Crippen LogP contribution is 2.20. The Morgan fingerprint density at radius 3 is 2.48 bits per heavy atom. The molecule has 0 atom stereocenters. The molecule has 27 heavy (non-hydrogen) atoms. The van der Waals surface area contributed by atoms with Crippen LogP contribution in [0.15, 0.2) is 60.7 Å². The van der Waals surface area contributed by atoms with E-state index in [1.165, 1.54) is 5.56 Å². The van der Waals surface area contributed by atoms with Crippen LogP contribution in [0.4, 0.5) is 11.5 Å². The monoisotopic (exact) mass is 360 g/mol. The van der Waals surface area contributed by atoms with Gasteiger partial charge in [-0.3, -0.25) is 4.79 Å². The third kappa shape index (κ3) is 5.14. The summed E-state index contributed by atoms with van der Waals surface area (Å²) in [6, 6.07) is 19.4. The van der Waals surface area contributed by atoms with E-state index in [1.807, 2.05) is 36.4 Å². The summed E-state index contributed by atoms with van der Waals surface area (Å²) in [6.07, 6.45) is 2.05. The second-order valence-corrected chi connectivity index (χ2v) is 6.49. The van der Waals surface area contributed by atoms with Gasteiger partial charge >= 0.3 is 0 Å². The molecule has 1 amide bonds. The Bertz CT molecular complexity index is 889. The van der Waals surface area contributed by atoms with Gasteiger partial charge < -0.3 is 10.6 Å². The second kappa shape index (κ2) is 8.94. The minimum Gasteiger partial charge on any atom is -0.352 e. The quantitative estimate of drug-likeness (QED) is 0.598. The van der Waals surface area contributed by atoms with Gasteiger partial charge in [0.1, 0.15) is 0 Å². The van der Waals surface area contributed by atoms with Crippen LogP contribution in [0.5, 0.6) is 0 Å². The molecule has 1 aromatic heterocycles. The van der Waals surface area contributed by atoms with E-state index in [0.29, 0.717) is 17.9 Å². The molecule has 5 nitrogen and oxygen atoms in total. The number of hydrogen-bond donors (Lipinski definition) is 2. The van der Waals surface area contributed by atoms with Crippen molar-refractivity contribution >= 4 is 17.4 Å². The predicted molar refractivity (Wildman–Crippen MR) is 109 cm³/mol. The zero-order valence-electron chi connectivity index (χ0n) is 15.7. The fraction of sp³-hybridized carbons (Fsp3) is 0.227. The van der Waals surface area contributed by atoms with Gasteiger partial charge in [-0.25, -0.2) is 0 Å². The zero-order valence-corrected chi connectivity index (χ0v) is 15.7. The second-order valence-electron chi connectivity index (χ2n) is 6.49. The molecule has 3 rings (SSSR count). The highest BCUT2D eigenvalue weighted by Gasteiger charge is 2.05. The van der Waals surface area contributed by atoms with Gasteiger partial charge in [0, 0.05) is 23.4 Å². The molecule has 0 bridgehead atoms. The van der Waals surface area contributed by atoms with Gasteiger partial charge in [-0.05, 0) is 55.8 Å². The van der Waals surface area contributed by atoms with Crippen LogP contribution in [0.3, 0.4) is 0 Å². The van der Waals surface area contributed by atoms with Gasteiger partial charge in [0.25, 0.3) is 5.91 Å². The molecule has 0 aliphatic rings. The molecule has 2 N–H and O–H groups in total. The van der Waals surface area contributed by atoms with E-state index >= 15 is 0 Å². The van der Waals surface area contributed by atoms with E-state index in [-0.39, 0.29) is 5.91 Å². The molecule has 5 heteroatoms. The fourth-order valence-electron chi connectivity index (χ4n) is 2.69. The lowest BCUT2D eigenvalue weighted by molar-refractivity contribution is 0.0953. The van der Waals surface area contributed by atoms with Gasteiger partial charge in [-0.1, -0.05) is 37.1 Å². The first-order valence-corrected chi connectivity index (χ1v) is 9.22. The molecule has 0 saturated heterocycles. The first-order valence-electron chi connectivity index (χ1n) is 9.22. The van der Waals surface area contributed by atoms with Crippen molar-refractivity contribution < 1.29 is 4.79 Å². The van der Waals surface area contributed by atoms with E-state index in [1.54, 1.807) is 12.1 Å². The van der Waals surface area contributed by atoms with Crippen LogP contribution in [-0.2, 0) is 0 Å². The summed E-state index contributed by atoms with van der Waals surface area (Å²) in [6.45, 7) is 4.86. The summed E-state index contributed by atoms with van der Waals surface area (Å²) in [7, 11) is 0. The van der Waals surface area contributed by atoms with E-state index < -0.39 is 0 Å². The highest BCUT2D eigenvalue weighted by atomic mass is 16.1. The Labute approximate surface area is 159 Å². The summed E-state index contributed by atoms with van der Waals surface area (Å²) < 4.78 is 0. The van der Waals surface area contributed by atoms with Crippen molar-refractivity contribution in [1.29, 1.82) is 0 Å². The Balaban J connectivity index is 1.63. The Morgan fingerprint density at radius 2 is 1.81 bits per heavy atom. The van der Waals surface area contributed by atoms with E-state index in [9.17, 15) is 4.79 Å². The van der Waals surface area contributed by atoms with E-state index in [2.05, 4.69) is 46.8 Å². The summed E-state index contributed by atoms with van der Waals surface area (Å²) in [5, 5.41) is 14.7. The molecule has 0 spiro atoms. The predicted octanol–water partition coefficient (Wildman–Crippen LogP) is 4.73. The Morgan fingerprint density at radius 1 is 1.00 bits per heavy atom. The maximum Gasteiger partial charge on any atom is 0.251 e. The molecule has 0 radical (unpaired) electrons. The largest absolute Gasteiger partial charge is 0.352 e. The highest BCUT2D eigenvalue weighted by molar-refractivity contribution is 5.94. The molecule has 0 aliphatic heterocycles. The summed E-state index contributed by atoms with van der Waals surface area (Å²) in [4.78, 5) is 12.0. The number of anilines is 2. The standard InChI is InChI=1S/C22H24N4O/c1-3-4-14-23-22(27)17-8-10-19(11-9-17)24-21-13-12-20(25-26-21)18-7-5-6-16(2)15-18/h5-13,15H,3-4,14H2,1-2H3,(H,23,27)(H,24,26). The average Bonchev–Trinajstić information content (AvgIpc) is 2.69. The van der Waals surface area contributed by atoms with Crippen LogP contribution >= 0.6 is 0 Å². The normalized spacial score (nSPS) is 10.4. The van der Waals surface area contributed by atoms with Crippen LogP contribution in [0.25, 0.3) is 11.3 Å². The molecule has 0 aliphatic carbocycles. The van der Waals surface area contributed by atoms with Gasteiger partial charge in [0.2, 0.25) is 0 Å². The van der Waals surface area contributed by atoms with Crippen molar-refractivity contribution in [3.63, 3.8) is 0 Å². The number of unbranched alkanes of at least 4 members (excludes halogenated alkanes) is 1. The molecular formula is C22H24N4O. The van der Waals surface area contributed by atoms with Crippen molar-refractivity contribution in [2.75, 3.05) is 11.9 Å². The van der Waals surface area contributed by atoms with Crippen molar-refractivity contribution in [3.8, 4) is 11.3 Å². The number of carbonyl (C=O) groups is 1. The van der Waals surface area contributed by atoms with Gasteiger partial charge in [0.05, 0.1) is 5.69 Å². The minimum atomic E-state index is -0.0442. The SMILES string of the molecule is CCCCNC(=O)c1ccc(Nc2ccc(-c3cccc(C)c3)nn2)cc1. The van der Waals surface area contributed by atoms with Crippen LogP contribution in [0.1, 0.15) is 35.7 Å². The minimum absolute atomic E-state index is 0.0442. The molecule has 0 fully saturated rings. The average molecular weight is 360 g/mol. The smallest absolute Gasteiger partial charge is 0.251 e. The third-order valence-electron chi connectivity index (χ3n) is 4.21. The molecule has 2 aromatic carbocycles. The Kier molecular flexibility index (Phi) is 6.15. The summed E-state index contributed by atoms with van der Waals surface area (Å²) in [5.41, 5.74) is 4.58. The molecule has 3 aromatic rings. The van der Waals surface area contributed by atoms with Crippen molar-refractivity contribution in [2.24, 2.45) is 0 Å². The van der Waals surface area contributed by atoms with Crippen molar-refractivity contribution in [2.45, 2.75) is 26.7 Å². The zero-order chi connectivity index (χ0) is 19.1. The van der Waals surface area contributed by atoms with Gasteiger partial charge in [-0.2, -0.15) is 0 Å². The summed E-state index contributed by atoms with van der Waals surface area (Å²) in [5.74, 6) is 0.615. The first-order chi connectivity index (χ1) is 13.2. The third-order valence-corrected chi connectivity index (χ3v) is 4.21. The Hall–Kier alpha value is -3.21. The molecule has 0 unspecified atom stereocenters. The number of rotatable bonds is 7. The lowest BCUT2D eigenvalue weighted by Gasteiger charge is -2.08. The lowest BCUT2D eigenvalue weighted by Crippen LogP contribution is -2.24. The van der Waals surface area contributed by atoms with E-state index in [4.69, 9.17) is 0 Å². The van der Waals surface area contributed by atoms with Crippen molar-refractivity contribution in [1.82, 2.24) is 15.5 Å². The van der Waals surface area contributed by atoms with Crippen molar-refractivity contribution in [3.05, 3.63) is 71.8 Å². The number of nitrogens with one attached hydrogen (secondary N) is 2. The topological polar surface area (TPSA) is 66.9 Å². The lowest BCUT2D eigenvalue weighted by atomic mass is 10.1.